The van der Waals surface area contributed by atoms with Crippen LogP contribution in [-0.4, -0.2) is 19.2 Å². The first-order valence-corrected chi connectivity index (χ1v) is 10.8. The van der Waals surface area contributed by atoms with Gasteiger partial charge in [0.25, 0.3) is 5.91 Å². The van der Waals surface area contributed by atoms with Crippen LogP contribution >= 0.6 is 22.6 Å². The lowest BCUT2D eigenvalue weighted by Crippen LogP contribution is -2.18. The largest absolute Gasteiger partial charge is 0.493 e. The van der Waals surface area contributed by atoms with Crippen molar-refractivity contribution >= 4 is 34.7 Å². The van der Waals surface area contributed by atoms with Gasteiger partial charge in [-0.3, -0.25) is 4.79 Å². The third-order valence-corrected chi connectivity index (χ3v) is 5.35. The van der Waals surface area contributed by atoms with Crippen LogP contribution in [0.15, 0.2) is 65.8 Å². The van der Waals surface area contributed by atoms with Crippen LogP contribution in [0.5, 0.6) is 11.5 Å². The summed E-state index contributed by atoms with van der Waals surface area (Å²) < 4.78 is 50.7. The van der Waals surface area contributed by atoms with Crippen molar-refractivity contribution in [2.45, 2.75) is 19.7 Å². The minimum atomic E-state index is -4.53. The van der Waals surface area contributed by atoms with Gasteiger partial charge < -0.3 is 9.47 Å². The molecule has 1 N–H and O–H groups in total. The number of ether oxygens (including phenoxy) is 2. The maximum absolute atomic E-state index is 12.8. The molecule has 0 aliphatic carbocycles. The fourth-order valence-corrected chi connectivity index (χ4v) is 3.76. The fourth-order valence-electron chi connectivity index (χ4n) is 2.98. The molecule has 3 aromatic carbocycles. The molecule has 0 saturated heterocycles. The summed E-state index contributed by atoms with van der Waals surface area (Å²) in [6, 6.07) is 15.6. The molecule has 0 aliphatic heterocycles. The number of benzene rings is 3. The van der Waals surface area contributed by atoms with Crippen molar-refractivity contribution in [3.05, 3.63) is 92.1 Å². The van der Waals surface area contributed by atoms with Crippen LogP contribution in [0, 0.1) is 10.5 Å². The number of nitrogens with one attached hydrogen (secondary N) is 1. The Morgan fingerprint density at radius 3 is 2.58 bits per heavy atom. The van der Waals surface area contributed by atoms with E-state index in [0.717, 1.165) is 26.8 Å². The summed E-state index contributed by atoms with van der Waals surface area (Å²) in [6.45, 7) is 2.38. The van der Waals surface area contributed by atoms with Gasteiger partial charge in [0, 0.05) is 5.56 Å². The van der Waals surface area contributed by atoms with Gasteiger partial charge in [-0.15, -0.1) is 0 Å². The molecule has 0 aromatic heterocycles. The molecule has 0 aliphatic rings. The fraction of sp³-hybridized carbons (Fsp3) is 0.167. The Labute approximate surface area is 202 Å². The maximum atomic E-state index is 12.8. The number of methoxy groups -OCH3 is 1. The van der Waals surface area contributed by atoms with Crippen molar-refractivity contribution < 1.29 is 27.4 Å². The number of aryl methyl sites for hydroxylation is 1. The molecule has 0 atom stereocenters. The molecule has 33 heavy (non-hydrogen) atoms. The number of amides is 1. The molecule has 1 amide bonds. The highest BCUT2D eigenvalue weighted by Gasteiger charge is 2.30. The molecular weight excluding hydrogens is 548 g/mol. The smallest absolute Gasteiger partial charge is 0.416 e. The Kier molecular flexibility index (Phi) is 7.96. The van der Waals surface area contributed by atoms with Crippen LogP contribution in [0.1, 0.15) is 32.6 Å². The van der Waals surface area contributed by atoms with E-state index in [1.165, 1.54) is 25.5 Å². The van der Waals surface area contributed by atoms with Crippen LogP contribution in [-0.2, 0) is 12.8 Å². The number of rotatable bonds is 7. The van der Waals surface area contributed by atoms with Crippen LogP contribution in [0.25, 0.3) is 0 Å². The maximum Gasteiger partial charge on any atom is 0.416 e. The standard InChI is InChI=1S/C24H20F3IN2O3/c1-15-5-3-6-16(9-15)14-33-22-20(28)10-17(11-21(22)32-2)13-29-30-23(31)18-7-4-8-19(12-18)24(25,26)27/h3-13H,14H2,1-2H3,(H,30,31)/b29-13-. The summed E-state index contributed by atoms with van der Waals surface area (Å²) in [5.41, 5.74) is 3.96. The van der Waals surface area contributed by atoms with Crippen molar-refractivity contribution in [1.29, 1.82) is 0 Å². The van der Waals surface area contributed by atoms with Gasteiger partial charge in [0.15, 0.2) is 11.5 Å². The molecule has 0 radical (unpaired) electrons. The number of hydrazone groups is 1. The lowest BCUT2D eigenvalue weighted by Gasteiger charge is -2.14. The van der Waals surface area contributed by atoms with Crippen LogP contribution in [0.2, 0.25) is 0 Å². The minimum Gasteiger partial charge on any atom is -0.493 e. The van der Waals surface area contributed by atoms with Crippen LogP contribution < -0.4 is 14.9 Å². The highest BCUT2D eigenvalue weighted by Crippen LogP contribution is 2.34. The molecule has 0 saturated carbocycles. The van der Waals surface area contributed by atoms with E-state index >= 15 is 0 Å². The second-order valence-corrected chi connectivity index (χ2v) is 8.25. The predicted molar refractivity (Wildman–Crippen MR) is 128 cm³/mol. The van der Waals surface area contributed by atoms with Gasteiger partial charge in [-0.2, -0.15) is 18.3 Å². The topological polar surface area (TPSA) is 59.9 Å². The number of alkyl halides is 3. The number of carbonyl (C=O) groups is 1. The molecule has 0 heterocycles. The highest BCUT2D eigenvalue weighted by atomic mass is 127. The Morgan fingerprint density at radius 2 is 1.88 bits per heavy atom. The highest BCUT2D eigenvalue weighted by molar-refractivity contribution is 14.1. The summed E-state index contributed by atoms with van der Waals surface area (Å²) in [5.74, 6) is 0.307. The normalized spacial score (nSPS) is 11.5. The van der Waals surface area contributed by atoms with E-state index in [-0.39, 0.29) is 5.56 Å². The molecule has 0 unspecified atom stereocenters. The third-order valence-electron chi connectivity index (χ3n) is 4.55. The summed E-state index contributed by atoms with van der Waals surface area (Å²) >= 11 is 2.11. The summed E-state index contributed by atoms with van der Waals surface area (Å²) in [4.78, 5) is 12.2. The zero-order valence-corrected chi connectivity index (χ0v) is 19.9. The zero-order valence-electron chi connectivity index (χ0n) is 17.7. The van der Waals surface area contributed by atoms with Gasteiger partial charge in [-0.05, 0) is 71.0 Å². The SMILES string of the molecule is COc1cc(/C=N\NC(=O)c2cccc(C(F)(F)F)c2)cc(I)c1OCc1cccc(C)c1. The van der Waals surface area contributed by atoms with Crippen molar-refractivity contribution in [3.63, 3.8) is 0 Å². The first-order valence-electron chi connectivity index (χ1n) is 9.74. The number of nitrogens with zero attached hydrogens (tertiary/aromatic N) is 1. The molecule has 9 heteroatoms. The molecular formula is C24H20F3IN2O3. The zero-order chi connectivity index (χ0) is 24.0. The lowest BCUT2D eigenvalue weighted by molar-refractivity contribution is -0.137. The third kappa shape index (κ3) is 6.70. The molecule has 0 fully saturated rings. The van der Waals surface area contributed by atoms with Crippen molar-refractivity contribution in [2.75, 3.05) is 7.11 Å². The van der Waals surface area contributed by atoms with Crippen LogP contribution in [0.4, 0.5) is 13.2 Å². The van der Waals surface area contributed by atoms with E-state index in [2.05, 4.69) is 33.1 Å². The van der Waals surface area contributed by atoms with E-state index in [1.54, 1.807) is 12.1 Å². The van der Waals surface area contributed by atoms with E-state index in [0.29, 0.717) is 23.7 Å². The number of carbonyl (C=O) groups excluding carboxylic acids is 1. The quantitative estimate of drug-likeness (QED) is 0.217. The molecule has 0 spiro atoms. The van der Waals surface area contributed by atoms with Gasteiger partial charge in [-0.25, -0.2) is 5.43 Å². The molecule has 3 rings (SSSR count). The van der Waals surface area contributed by atoms with Gasteiger partial charge in [0.05, 0.1) is 22.5 Å². The second kappa shape index (κ2) is 10.7. The monoisotopic (exact) mass is 568 g/mol. The number of hydrogen-bond acceptors (Lipinski definition) is 4. The predicted octanol–water partition coefficient (Wildman–Crippen LogP) is 5.97. The Bertz CT molecular complexity index is 1180. The number of halogens is 4. The molecule has 5 nitrogen and oxygen atoms in total. The number of hydrogen-bond donors (Lipinski definition) is 1. The summed E-state index contributed by atoms with van der Waals surface area (Å²) in [7, 11) is 1.52. The average Bonchev–Trinajstić information content (AvgIpc) is 2.77. The molecule has 0 bridgehead atoms. The molecule has 172 valence electrons. The second-order valence-electron chi connectivity index (χ2n) is 7.09. The Hall–Kier alpha value is -3.08. The van der Waals surface area contributed by atoms with Crippen LogP contribution in [0.3, 0.4) is 0 Å². The van der Waals surface area contributed by atoms with Crippen molar-refractivity contribution in [3.8, 4) is 11.5 Å². The Morgan fingerprint density at radius 1 is 1.12 bits per heavy atom. The van der Waals surface area contributed by atoms with E-state index < -0.39 is 17.6 Å². The summed E-state index contributed by atoms with van der Waals surface area (Å²) in [6.07, 6.45) is -3.16. The van der Waals surface area contributed by atoms with Gasteiger partial charge in [-0.1, -0.05) is 35.9 Å². The minimum absolute atomic E-state index is 0.144. The van der Waals surface area contributed by atoms with Gasteiger partial charge in [0.1, 0.15) is 6.61 Å². The van der Waals surface area contributed by atoms with Crippen molar-refractivity contribution in [2.24, 2.45) is 5.10 Å². The average molecular weight is 568 g/mol. The molecule has 3 aromatic rings. The summed E-state index contributed by atoms with van der Waals surface area (Å²) in [5, 5.41) is 3.85. The first-order chi connectivity index (χ1) is 15.7. The van der Waals surface area contributed by atoms with Gasteiger partial charge in [0.2, 0.25) is 0 Å². The van der Waals surface area contributed by atoms with E-state index in [1.807, 2.05) is 31.2 Å². The Balaban J connectivity index is 1.70. The van der Waals surface area contributed by atoms with Gasteiger partial charge >= 0.3 is 6.18 Å². The van der Waals surface area contributed by atoms with E-state index in [4.69, 9.17) is 9.47 Å². The van der Waals surface area contributed by atoms with Crippen molar-refractivity contribution in [1.82, 2.24) is 5.43 Å². The lowest BCUT2D eigenvalue weighted by atomic mass is 10.1. The van der Waals surface area contributed by atoms with E-state index in [9.17, 15) is 18.0 Å². The first kappa shape index (κ1) is 24.6.